The summed E-state index contributed by atoms with van der Waals surface area (Å²) in [7, 11) is -4.03. The molecule has 0 bridgehead atoms. The van der Waals surface area contributed by atoms with E-state index in [1.165, 1.54) is 18.2 Å². The third-order valence-corrected chi connectivity index (χ3v) is 4.14. The van der Waals surface area contributed by atoms with Gasteiger partial charge in [0, 0.05) is 11.3 Å². The molecule has 0 saturated heterocycles. The molecule has 3 N–H and O–H groups in total. The lowest BCUT2D eigenvalue weighted by Crippen LogP contribution is -2.16. The molecule has 0 aliphatic rings. The number of benzene rings is 2. The fourth-order valence-corrected chi connectivity index (χ4v) is 2.80. The summed E-state index contributed by atoms with van der Waals surface area (Å²) in [6.45, 7) is 0. The van der Waals surface area contributed by atoms with Crippen LogP contribution < -0.4 is 10.5 Å². The van der Waals surface area contributed by atoms with Crippen LogP contribution in [-0.2, 0) is 10.0 Å². The van der Waals surface area contributed by atoms with E-state index in [0.717, 1.165) is 6.07 Å². The molecule has 0 heterocycles. The number of halogens is 1. The Morgan fingerprint density at radius 2 is 1.95 bits per heavy atom. The number of carbonyl (C=O) groups excluding carboxylic acids is 1. The van der Waals surface area contributed by atoms with Gasteiger partial charge in [0.25, 0.3) is 5.91 Å². The lowest BCUT2D eigenvalue weighted by Gasteiger charge is -2.08. The van der Waals surface area contributed by atoms with Crippen molar-refractivity contribution in [3.63, 3.8) is 0 Å². The lowest BCUT2D eigenvalue weighted by molar-refractivity contribution is 0.102. The molecule has 0 aliphatic heterocycles. The maximum Gasteiger partial charge on any atom is 0.255 e. The minimum Gasteiger partial charge on any atom is -0.322 e. The van der Waals surface area contributed by atoms with Gasteiger partial charge in [-0.05, 0) is 36.4 Å². The standard InChI is InChI=1S/C14H10ClN3O3S/c15-12-5-4-10(7-13(12)22(17,20)21)14(19)18-11-3-1-2-9(6-11)8-16/h1-7H,(H,18,19)(H2,17,20,21). The number of rotatable bonds is 3. The normalized spacial score (nSPS) is 10.8. The molecule has 0 aliphatic carbocycles. The van der Waals surface area contributed by atoms with E-state index in [9.17, 15) is 13.2 Å². The predicted octanol–water partition coefficient (Wildman–Crippen LogP) is 2.11. The summed E-state index contributed by atoms with van der Waals surface area (Å²) >= 11 is 5.76. The highest BCUT2D eigenvalue weighted by Gasteiger charge is 2.16. The van der Waals surface area contributed by atoms with Crippen molar-refractivity contribution < 1.29 is 13.2 Å². The van der Waals surface area contributed by atoms with Crippen LogP contribution in [0.3, 0.4) is 0 Å². The average molecular weight is 336 g/mol. The Morgan fingerprint density at radius 1 is 1.23 bits per heavy atom. The maximum atomic E-state index is 12.1. The summed E-state index contributed by atoms with van der Waals surface area (Å²) in [4.78, 5) is 11.8. The van der Waals surface area contributed by atoms with E-state index in [0.29, 0.717) is 11.3 Å². The average Bonchev–Trinajstić information content (AvgIpc) is 2.46. The van der Waals surface area contributed by atoms with E-state index in [1.807, 2.05) is 6.07 Å². The van der Waals surface area contributed by atoms with Gasteiger partial charge in [0.15, 0.2) is 0 Å². The monoisotopic (exact) mass is 335 g/mol. The van der Waals surface area contributed by atoms with Gasteiger partial charge in [-0.3, -0.25) is 4.79 Å². The Bertz CT molecular complexity index is 888. The zero-order chi connectivity index (χ0) is 16.3. The first-order valence-electron chi connectivity index (χ1n) is 5.95. The number of carbonyl (C=O) groups is 1. The van der Waals surface area contributed by atoms with Gasteiger partial charge < -0.3 is 5.32 Å². The smallest absolute Gasteiger partial charge is 0.255 e. The SMILES string of the molecule is N#Cc1cccc(NC(=O)c2ccc(Cl)c(S(N)(=O)=O)c2)c1. The quantitative estimate of drug-likeness (QED) is 0.894. The van der Waals surface area contributed by atoms with Crippen LogP contribution in [0.2, 0.25) is 5.02 Å². The van der Waals surface area contributed by atoms with Crippen molar-refractivity contribution in [1.82, 2.24) is 0 Å². The van der Waals surface area contributed by atoms with Gasteiger partial charge >= 0.3 is 0 Å². The number of anilines is 1. The topological polar surface area (TPSA) is 113 Å². The predicted molar refractivity (Wildman–Crippen MR) is 81.9 cm³/mol. The first-order valence-corrected chi connectivity index (χ1v) is 7.87. The lowest BCUT2D eigenvalue weighted by atomic mass is 10.2. The minimum absolute atomic E-state index is 0.0643. The summed E-state index contributed by atoms with van der Waals surface area (Å²) in [6.07, 6.45) is 0. The molecule has 6 nitrogen and oxygen atoms in total. The van der Waals surface area contributed by atoms with E-state index >= 15 is 0 Å². The van der Waals surface area contributed by atoms with Crippen molar-refractivity contribution in [1.29, 1.82) is 5.26 Å². The van der Waals surface area contributed by atoms with Gasteiger partial charge in [-0.15, -0.1) is 0 Å². The molecule has 0 fully saturated rings. The van der Waals surface area contributed by atoms with Crippen molar-refractivity contribution in [2.24, 2.45) is 5.14 Å². The zero-order valence-electron chi connectivity index (χ0n) is 11.1. The van der Waals surface area contributed by atoms with Crippen LogP contribution in [0.4, 0.5) is 5.69 Å². The number of hydrogen-bond donors (Lipinski definition) is 2. The fraction of sp³-hybridized carbons (Fsp3) is 0. The molecule has 0 radical (unpaired) electrons. The number of hydrogen-bond acceptors (Lipinski definition) is 4. The van der Waals surface area contributed by atoms with Gasteiger partial charge in [-0.2, -0.15) is 5.26 Å². The van der Waals surface area contributed by atoms with Crippen LogP contribution in [0.15, 0.2) is 47.4 Å². The van der Waals surface area contributed by atoms with E-state index in [1.54, 1.807) is 18.2 Å². The first-order chi connectivity index (χ1) is 10.3. The van der Waals surface area contributed by atoms with Crippen LogP contribution in [0.5, 0.6) is 0 Å². The van der Waals surface area contributed by atoms with Gasteiger partial charge in [-0.25, -0.2) is 13.6 Å². The maximum absolute atomic E-state index is 12.1. The van der Waals surface area contributed by atoms with Crippen molar-refractivity contribution in [3.8, 4) is 6.07 Å². The molecule has 0 unspecified atom stereocenters. The Morgan fingerprint density at radius 3 is 2.59 bits per heavy atom. The number of nitrogens with two attached hydrogens (primary N) is 1. The summed E-state index contributed by atoms with van der Waals surface area (Å²) in [6, 6.07) is 12.0. The van der Waals surface area contributed by atoms with Gasteiger partial charge in [0.1, 0.15) is 4.90 Å². The number of nitrogens with one attached hydrogen (secondary N) is 1. The minimum atomic E-state index is -4.03. The summed E-state index contributed by atoms with van der Waals surface area (Å²) in [5, 5.41) is 16.3. The molecular weight excluding hydrogens is 326 g/mol. The Balaban J connectivity index is 2.32. The molecule has 2 aromatic rings. The molecule has 8 heteroatoms. The highest BCUT2D eigenvalue weighted by Crippen LogP contribution is 2.22. The molecule has 0 spiro atoms. The Kier molecular flexibility index (Phi) is 4.47. The molecule has 1 amide bonds. The number of nitriles is 1. The van der Waals surface area contributed by atoms with Crippen LogP contribution in [0.1, 0.15) is 15.9 Å². The van der Waals surface area contributed by atoms with Gasteiger partial charge in [0.2, 0.25) is 10.0 Å². The van der Waals surface area contributed by atoms with Crippen molar-refractivity contribution >= 4 is 33.2 Å². The largest absolute Gasteiger partial charge is 0.322 e. The third-order valence-electron chi connectivity index (χ3n) is 2.75. The van der Waals surface area contributed by atoms with Crippen LogP contribution in [0, 0.1) is 11.3 Å². The molecule has 22 heavy (non-hydrogen) atoms. The number of sulfonamides is 1. The zero-order valence-corrected chi connectivity index (χ0v) is 12.6. The molecule has 2 aromatic carbocycles. The fourth-order valence-electron chi connectivity index (χ4n) is 1.73. The number of amides is 1. The molecule has 0 aromatic heterocycles. The second kappa shape index (κ2) is 6.15. The van der Waals surface area contributed by atoms with E-state index < -0.39 is 15.9 Å². The highest BCUT2D eigenvalue weighted by atomic mass is 35.5. The second-order valence-corrected chi connectivity index (χ2v) is 6.27. The van der Waals surface area contributed by atoms with Crippen molar-refractivity contribution in [2.45, 2.75) is 4.90 Å². The van der Waals surface area contributed by atoms with E-state index in [2.05, 4.69) is 5.32 Å². The second-order valence-electron chi connectivity index (χ2n) is 4.34. The Labute approximate surface area is 132 Å². The summed E-state index contributed by atoms with van der Waals surface area (Å²) in [5.41, 5.74) is 0.881. The van der Waals surface area contributed by atoms with Crippen LogP contribution >= 0.6 is 11.6 Å². The van der Waals surface area contributed by atoms with E-state index in [4.69, 9.17) is 22.0 Å². The summed E-state index contributed by atoms with van der Waals surface area (Å²) in [5.74, 6) is -0.545. The van der Waals surface area contributed by atoms with E-state index in [-0.39, 0.29) is 15.5 Å². The molecule has 0 saturated carbocycles. The Hall–Kier alpha value is -2.40. The van der Waals surface area contributed by atoms with Gasteiger partial charge in [-0.1, -0.05) is 17.7 Å². The molecule has 112 valence electrons. The first kappa shape index (κ1) is 16.0. The molecule has 0 atom stereocenters. The number of primary sulfonamides is 1. The van der Waals surface area contributed by atoms with Crippen molar-refractivity contribution in [3.05, 3.63) is 58.6 Å². The number of nitrogens with zero attached hydrogens (tertiary/aromatic N) is 1. The van der Waals surface area contributed by atoms with Crippen LogP contribution in [0.25, 0.3) is 0 Å². The molecule has 2 rings (SSSR count). The summed E-state index contributed by atoms with van der Waals surface area (Å²) < 4.78 is 22.8. The third kappa shape index (κ3) is 3.62. The van der Waals surface area contributed by atoms with Crippen molar-refractivity contribution in [2.75, 3.05) is 5.32 Å². The molecular formula is C14H10ClN3O3S. The highest BCUT2D eigenvalue weighted by molar-refractivity contribution is 7.89. The van der Waals surface area contributed by atoms with Gasteiger partial charge in [0.05, 0.1) is 16.7 Å². The van der Waals surface area contributed by atoms with Crippen LogP contribution in [-0.4, -0.2) is 14.3 Å².